The molecule has 0 saturated carbocycles. The van der Waals surface area contributed by atoms with Gasteiger partial charge in [0.15, 0.2) is 0 Å². The Balaban J connectivity index is 2.74. The lowest BCUT2D eigenvalue weighted by Crippen LogP contribution is -2.49. The third-order valence-electron chi connectivity index (χ3n) is 3.58. The van der Waals surface area contributed by atoms with Gasteiger partial charge in [0, 0.05) is 19.5 Å². The summed E-state index contributed by atoms with van der Waals surface area (Å²) in [6.45, 7) is 5.09. The fourth-order valence-electron chi connectivity index (χ4n) is 2.68. The van der Waals surface area contributed by atoms with Gasteiger partial charge in [-0.15, -0.1) is 0 Å². The van der Waals surface area contributed by atoms with Crippen LogP contribution < -0.4 is 0 Å². The van der Waals surface area contributed by atoms with E-state index in [9.17, 15) is 14.7 Å². The summed E-state index contributed by atoms with van der Waals surface area (Å²) in [5, 5.41) is 9.41. The summed E-state index contributed by atoms with van der Waals surface area (Å²) in [7, 11) is 0. The van der Waals surface area contributed by atoms with Crippen LogP contribution in [0.15, 0.2) is 0 Å². The zero-order chi connectivity index (χ0) is 12.9. The SMILES string of the molecule is CCCC(=O)N1CCCC(CCC)(C(=O)O)C1. The molecule has 1 fully saturated rings. The summed E-state index contributed by atoms with van der Waals surface area (Å²) < 4.78 is 0. The topological polar surface area (TPSA) is 57.6 Å². The van der Waals surface area contributed by atoms with Crippen molar-refractivity contribution in [1.82, 2.24) is 4.90 Å². The first kappa shape index (κ1) is 14.0. The van der Waals surface area contributed by atoms with Crippen molar-refractivity contribution in [3.63, 3.8) is 0 Å². The van der Waals surface area contributed by atoms with Gasteiger partial charge in [0.1, 0.15) is 0 Å². The minimum absolute atomic E-state index is 0.105. The Kier molecular flexibility index (Phi) is 4.97. The Labute approximate surface area is 103 Å². The number of nitrogens with zero attached hydrogens (tertiary/aromatic N) is 1. The minimum atomic E-state index is -0.742. The van der Waals surface area contributed by atoms with Crippen molar-refractivity contribution in [2.45, 2.75) is 52.4 Å². The molecule has 1 heterocycles. The number of hydrogen-bond donors (Lipinski definition) is 1. The van der Waals surface area contributed by atoms with Crippen LogP contribution in [0.2, 0.25) is 0 Å². The molecule has 0 spiro atoms. The van der Waals surface area contributed by atoms with Gasteiger partial charge in [0.2, 0.25) is 5.91 Å². The highest BCUT2D eigenvalue weighted by Gasteiger charge is 2.42. The third kappa shape index (κ3) is 3.20. The number of piperidine rings is 1. The molecule has 0 aromatic carbocycles. The molecule has 4 heteroatoms. The molecule has 1 rings (SSSR count). The van der Waals surface area contributed by atoms with Gasteiger partial charge in [0.25, 0.3) is 0 Å². The molecule has 1 aliphatic heterocycles. The smallest absolute Gasteiger partial charge is 0.311 e. The number of carbonyl (C=O) groups excluding carboxylic acids is 1. The molecule has 1 N–H and O–H groups in total. The number of carboxylic acid groups (broad SMARTS) is 1. The fourth-order valence-corrected chi connectivity index (χ4v) is 2.68. The Hall–Kier alpha value is -1.06. The predicted molar refractivity (Wildman–Crippen MR) is 65.7 cm³/mol. The van der Waals surface area contributed by atoms with Gasteiger partial charge in [-0.3, -0.25) is 9.59 Å². The van der Waals surface area contributed by atoms with E-state index < -0.39 is 11.4 Å². The van der Waals surface area contributed by atoms with Crippen molar-refractivity contribution in [3.8, 4) is 0 Å². The summed E-state index contributed by atoms with van der Waals surface area (Å²) in [5.74, 6) is -0.637. The molecule has 4 nitrogen and oxygen atoms in total. The molecular weight excluding hydrogens is 218 g/mol. The van der Waals surface area contributed by atoms with E-state index in [1.165, 1.54) is 0 Å². The quantitative estimate of drug-likeness (QED) is 0.803. The van der Waals surface area contributed by atoms with Gasteiger partial charge in [-0.25, -0.2) is 0 Å². The molecule has 0 aliphatic carbocycles. The van der Waals surface area contributed by atoms with Crippen molar-refractivity contribution in [2.24, 2.45) is 5.41 Å². The van der Waals surface area contributed by atoms with Gasteiger partial charge in [-0.05, 0) is 25.7 Å². The standard InChI is InChI=1S/C13H23NO3/c1-3-6-11(15)14-9-5-8-13(10-14,7-4-2)12(16)17/h3-10H2,1-2H3,(H,16,17). The normalized spacial score (nSPS) is 24.7. The van der Waals surface area contributed by atoms with E-state index in [1.54, 1.807) is 4.90 Å². The van der Waals surface area contributed by atoms with Crippen molar-refractivity contribution < 1.29 is 14.7 Å². The molecule has 1 saturated heterocycles. The summed E-state index contributed by atoms with van der Waals surface area (Å²) in [6.07, 6.45) is 4.37. The maximum atomic E-state index is 11.8. The first-order chi connectivity index (χ1) is 8.05. The van der Waals surface area contributed by atoms with Crippen molar-refractivity contribution in [2.75, 3.05) is 13.1 Å². The van der Waals surface area contributed by atoms with E-state index in [0.29, 0.717) is 25.8 Å². The Morgan fingerprint density at radius 2 is 2.00 bits per heavy atom. The molecule has 0 aromatic rings. The molecule has 1 amide bonds. The van der Waals surface area contributed by atoms with Crippen LogP contribution in [0.1, 0.15) is 52.4 Å². The zero-order valence-corrected chi connectivity index (χ0v) is 10.9. The molecular formula is C13H23NO3. The van der Waals surface area contributed by atoms with Crippen LogP contribution in [0.4, 0.5) is 0 Å². The molecule has 17 heavy (non-hydrogen) atoms. The lowest BCUT2D eigenvalue weighted by molar-refractivity contribution is -0.155. The first-order valence-corrected chi connectivity index (χ1v) is 6.57. The van der Waals surface area contributed by atoms with E-state index in [2.05, 4.69) is 0 Å². The average Bonchev–Trinajstić information content (AvgIpc) is 2.30. The maximum Gasteiger partial charge on any atom is 0.311 e. The van der Waals surface area contributed by atoms with Crippen LogP contribution >= 0.6 is 0 Å². The number of carbonyl (C=O) groups is 2. The van der Waals surface area contributed by atoms with Crippen molar-refractivity contribution in [3.05, 3.63) is 0 Å². The number of carboxylic acids is 1. The van der Waals surface area contributed by atoms with Crippen LogP contribution in [0.3, 0.4) is 0 Å². The highest BCUT2D eigenvalue weighted by Crippen LogP contribution is 2.35. The Bertz CT molecular complexity index is 286. The second-order valence-electron chi connectivity index (χ2n) is 5.00. The first-order valence-electron chi connectivity index (χ1n) is 6.57. The van der Waals surface area contributed by atoms with E-state index in [1.807, 2.05) is 13.8 Å². The lowest BCUT2D eigenvalue weighted by Gasteiger charge is -2.40. The Morgan fingerprint density at radius 1 is 1.29 bits per heavy atom. The van der Waals surface area contributed by atoms with Gasteiger partial charge in [-0.1, -0.05) is 20.3 Å². The van der Waals surface area contributed by atoms with Gasteiger partial charge < -0.3 is 10.0 Å². The molecule has 1 unspecified atom stereocenters. The highest BCUT2D eigenvalue weighted by atomic mass is 16.4. The molecule has 0 bridgehead atoms. The van der Waals surface area contributed by atoms with E-state index in [-0.39, 0.29) is 5.91 Å². The summed E-state index contributed by atoms with van der Waals surface area (Å²) >= 11 is 0. The summed E-state index contributed by atoms with van der Waals surface area (Å²) in [6, 6.07) is 0. The molecule has 1 atom stereocenters. The largest absolute Gasteiger partial charge is 0.481 e. The second-order valence-corrected chi connectivity index (χ2v) is 5.00. The average molecular weight is 241 g/mol. The number of aliphatic carboxylic acids is 1. The zero-order valence-electron chi connectivity index (χ0n) is 10.9. The molecule has 1 aliphatic rings. The van der Waals surface area contributed by atoms with Crippen LogP contribution in [-0.2, 0) is 9.59 Å². The number of amides is 1. The van der Waals surface area contributed by atoms with Crippen LogP contribution in [0.5, 0.6) is 0 Å². The fraction of sp³-hybridized carbons (Fsp3) is 0.846. The Morgan fingerprint density at radius 3 is 2.53 bits per heavy atom. The maximum absolute atomic E-state index is 11.8. The molecule has 98 valence electrons. The number of hydrogen-bond acceptors (Lipinski definition) is 2. The van der Waals surface area contributed by atoms with Gasteiger partial charge in [0.05, 0.1) is 5.41 Å². The second kappa shape index (κ2) is 6.03. The minimum Gasteiger partial charge on any atom is -0.481 e. The predicted octanol–water partition coefficient (Wildman–Crippen LogP) is 2.28. The molecule has 0 radical (unpaired) electrons. The third-order valence-corrected chi connectivity index (χ3v) is 3.58. The van der Waals surface area contributed by atoms with E-state index in [0.717, 1.165) is 25.8 Å². The highest BCUT2D eigenvalue weighted by molar-refractivity contribution is 5.79. The molecule has 0 aromatic heterocycles. The monoisotopic (exact) mass is 241 g/mol. The van der Waals surface area contributed by atoms with E-state index >= 15 is 0 Å². The summed E-state index contributed by atoms with van der Waals surface area (Å²) in [4.78, 5) is 25.0. The van der Waals surface area contributed by atoms with Crippen LogP contribution in [0.25, 0.3) is 0 Å². The van der Waals surface area contributed by atoms with Gasteiger partial charge >= 0.3 is 5.97 Å². The van der Waals surface area contributed by atoms with Crippen LogP contribution in [0, 0.1) is 5.41 Å². The number of likely N-dealkylation sites (tertiary alicyclic amines) is 1. The lowest BCUT2D eigenvalue weighted by atomic mass is 9.76. The summed E-state index contributed by atoms with van der Waals surface area (Å²) in [5.41, 5.74) is -0.698. The van der Waals surface area contributed by atoms with Crippen molar-refractivity contribution >= 4 is 11.9 Å². The van der Waals surface area contributed by atoms with Crippen LogP contribution in [-0.4, -0.2) is 35.0 Å². The van der Waals surface area contributed by atoms with Crippen molar-refractivity contribution in [1.29, 1.82) is 0 Å². The van der Waals surface area contributed by atoms with E-state index in [4.69, 9.17) is 0 Å². The van der Waals surface area contributed by atoms with Gasteiger partial charge in [-0.2, -0.15) is 0 Å². The number of rotatable bonds is 5.